The average molecular weight is 297 g/mol. The SMILES string of the molecule is C=CC(=O)N(Cc1cc(C(F)F)cs1)c1ccn(C)n1. The first-order valence-electron chi connectivity index (χ1n) is 5.80. The number of hydrogen-bond donors (Lipinski definition) is 0. The minimum Gasteiger partial charge on any atom is -0.286 e. The molecule has 0 unspecified atom stereocenters. The number of rotatable bonds is 5. The van der Waals surface area contributed by atoms with Crippen LogP contribution in [0, 0.1) is 0 Å². The highest BCUT2D eigenvalue weighted by atomic mass is 32.1. The van der Waals surface area contributed by atoms with Crippen LogP contribution in [-0.2, 0) is 18.4 Å². The van der Waals surface area contributed by atoms with E-state index in [0.29, 0.717) is 10.7 Å². The highest BCUT2D eigenvalue weighted by Gasteiger charge is 2.18. The van der Waals surface area contributed by atoms with E-state index in [1.165, 1.54) is 33.8 Å². The van der Waals surface area contributed by atoms with Gasteiger partial charge in [-0.05, 0) is 17.5 Å². The Labute approximate surface area is 118 Å². The van der Waals surface area contributed by atoms with E-state index in [2.05, 4.69) is 11.7 Å². The fourth-order valence-corrected chi connectivity index (χ4v) is 2.55. The second kappa shape index (κ2) is 5.96. The molecule has 0 N–H and O–H groups in total. The van der Waals surface area contributed by atoms with Gasteiger partial charge in [0.25, 0.3) is 12.3 Å². The van der Waals surface area contributed by atoms with Crippen LogP contribution >= 0.6 is 11.3 Å². The second-order valence-corrected chi connectivity index (χ2v) is 5.12. The quantitative estimate of drug-likeness (QED) is 0.795. The van der Waals surface area contributed by atoms with E-state index in [-0.39, 0.29) is 18.0 Å². The summed E-state index contributed by atoms with van der Waals surface area (Å²) in [4.78, 5) is 13.9. The Balaban J connectivity index is 2.23. The Bertz CT molecular complexity index is 621. The molecule has 4 nitrogen and oxygen atoms in total. The van der Waals surface area contributed by atoms with Crippen molar-refractivity contribution in [3.63, 3.8) is 0 Å². The molecule has 0 fully saturated rings. The van der Waals surface area contributed by atoms with E-state index < -0.39 is 6.43 Å². The van der Waals surface area contributed by atoms with Gasteiger partial charge in [0.15, 0.2) is 5.82 Å². The van der Waals surface area contributed by atoms with Crippen LogP contribution in [0.25, 0.3) is 0 Å². The van der Waals surface area contributed by atoms with E-state index in [1.54, 1.807) is 24.0 Å². The number of carbonyl (C=O) groups excluding carboxylic acids is 1. The third-order valence-electron chi connectivity index (χ3n) is 2.66. The number of halogens is 2. The van der Waals surface area contributed by atoms with Crippen molar-refractivity contribution >= 4 is 23.1 Å². The summed E-state index contributed by atoms with van der Waals surface area (Å²) < 4.78 is 26.7. The standard InChI is InChI=1S/C13H13F2N3OS/c1-3-12(19)18(11-4-5-17(2)16-11)7-10-6-9(8-20-10)13(14)15/h3-6,8,13H,1,7H2,2H3. The van der Waals surface area contributed by atoms with E-state index >= 15 is 0 Å². The molecule has 2 rings (SSSR count). The maximum absolute atomic E-state index is 12.6. The number of hydrogen-bond acceptors (Lipinski definition) is 3. The van der Waals surface area contributed by atoms with Crippen molar-refractivity contribution in [3.8, 4) is 0 Å². The Morgan fingerprint density at radius 1 is 1.65 bits per heavy atom. The molecule has 0 saturated carbocycles. The van der Waals surface area contributed by atoms with Crippen molar-refractivity contribution in [2.24, 2.45) is 7.05 Å². The fraction of sp³-hybridized carbons (Fsp3) is 0.231. The maximum atomic E-state index is 12.6. The molecule has 106 valence electrons. The van der Waals surface area contributed by atoms with Gasteiger partial charge in [0.1, 0.15) is 0 Å². The fourth-order valence-electron chi connectivity index (χ4n) is 1.68. The first kappa shape index (κ1) is 14.4. The van der Waals surface area contributed by atoms with Crippen LogP contribution in [0.5, 0.6) is 0 Å². The molecule has 2 heterocycles. The van der Waals surface area contributed by atoms with Crippen molar-refractivity contribution in [1.82, 2.24) is 9.78 Å². The molecule has 2 aromatic heterocycles. The lowest BCUT2D eigenvalue weighted by molar-refractivity contribution is -0.114. The highest BCUT2D eigenvalue weighted by Crippen LogP contribution is 2.26. The first-order valence-corrected chi connectivity index (χ1v) is 6.68. The number of alkyl halides is 2. The van der Waals surface area contributed by atoms with Gasteiger partial charge in [-0.3, -0.25) is 14.4 Å². The largest absolute Gasteiger partial charge is 0.286 e. The monoisotopic (exact) mass is 297 g/mol. The summed E-state index contributed by atoms with van der Waals surface area (Å²) >= 11 is 1.19. The lowest BCUT2D eigenvalue weighted by atomic mass is 10.3. The zero-order valence-corrected chi connectivity index (χ0v) is 11.6. The minimum absolute atomic E-state index is 0.0305. The molecule has 0 aromatic carbocycles. The topological polar surface area (TPSA) is 38.1 Å². The summed E-state index contributed by atoms with van der Waals surface area (Å²) in [5.41, 5.74) is -0.0305. The van der Waals surface area contributed by atoms with Crippen molar-refractivity contribution in [2.45, 2.75) is 13.0 Å². The Hall–Kier alpha value is -2.02. The van der Waals surface area contributed by atoms with Gasteiger partial charge in [-0.2, -0.15) is 5.10 Å². The summed E-state index contributed by atoms with van der Waals surface area (Å²) in [5.74, 6) is 0.139. The number of amides is 1. The maximum Gasteiger partial charge on any atom is 0.264 e. The molecule has 7 heteroatoms. The third kappa shape index (κ3) is 3.11. The Kier molecular flexibility index (Phi) is 4.29. The molecule has 0 atom stereocenters. The smallest absolute Gasteiger partial charge is 0.264 e. The molecule has 0 spiro atoms. The number of thiophene rings is 1. The van der Waals surface area contributed by atoms with Gasteiger partial charge in [-0.15, -0.1) is 11.3 Å². The summed E-state index contributed by atoms with van der Waals surface area (Å²) in [6.07, 6.45) is 0.381. The predicted octanol–water partition coefficient (Wildman–Crippen LogP) is 3.14. The van der Waals surface area contributed by atoms with Gasteiger partial charge in [0.05, 0.1) is 6.54 Å². The lowest BCUT2D eigenvalue weighted by Gasteiger charge is -2.17. The molecular formula is C13H13F2N3OS. The molecule has 1 amide bonds. The van der Waals surface area contributed by atoms with Crippen molar-refractivity contribution < 1.29 is 13.6 Å². The summed E-state index contributed by atoms with van der Waals surface area (Å²) in [6.45, 7) is 3.64. The van der Waals surface area contributed by atoms with Crippen LogP contribution < -0.4 is 4.90 Å². The Morgan fingerprint density at radius 3 is 2.90 bits per heavy atom. The van der Waals surface area contributed by atoms with Crippen molar-refractivity contribution in [1.29, 1.82) is 0 Å². The average Bonchev–Trinajstić information content (AvgIpc) is 3.04. The second-order valence-electron chi connectivity index (χ2n) is 4.12. The molecule has 0 aliphatic carbocycles. The van der Waals surface area contributed by atoms with Gasteiger partial charge in [-0.25, -0.2) is 8.78 Å². The molecule has 0 radical (unpaired) electrons. The molecule has 0 bridgehead atoms. The summed E-state index contributed by atoms with van der Waals surface area (Å²) in [5, 5.41) is 5.55. The van der Waals surface area contributed by atoms with E-state index in [0.717, 1.165) is 0 Å². The van der Waals surface area contributed by atoms with Crippen molar-refractivity contribution in [2.75, 3.05) is 4.90 Å². The number of nitrogens with zero attached hydrogens (tertiary/aromatic N) is 3. The molecule has 0 aliphatic rings. The minimum atomic E-state index is -2.50. The van der Waals surface area contributed by atoms with Crippen LogP contribution in [0.3, 0.4) is 0 Å². The molecule has 20 heavy (non-hydrogen) atoms. The van der Waals surface area contributed by atoms with Gasteiger partial charge < -0.3 is 0 Å². The highest BCUT2D eigenvalue weighted by molar-refractivity contribution is 7.10. The number of anilines is 1. The summed E-state index contributed by atoms with van der Waals surface area (Å²) in [6, 6.07) is 3.09. The van der Waals surface area contributed by atoms with Crippen molar-refractivity contribution in [3.05, 3.63) is 46.8 Å². The zero-order chi connectivity index (χ0) is 14.7. The van der Waals surface area contributed by atoms with E-state index in [1.807, 2.05) is 0 Å². The first-order chi connectivity index (χ1) is 9.51. The van der Waals surface area contributed by atoms with E-state index in [9.17, 15) is 13.6 Å². The number of carbonyl (C=O) groups is 1. The van der Waals surface area contributed by atoms with Gasteiger partial charge in [0, 0.05) is 29.8 Å². The van der Waals surface area contributed by atoms with Crippen LogP contribution in [0.15, 0.2) is 36.4 Å². The number of aromatic nitrogens is 2. The van der Waals surface area contributed by atoms with Gasteiger partial charge >= 0.3 is 0 Å². The zero-order valence-electron chi connectivity index (χ0n) is 10.8. The predicted molar refractivity (Wildman–Crippen MR) is 73.9 cm³/mol. The number of aryl methyl sites for hydroxylation is 1. The molecular weight excluding hydrogens is 284 g/mol. The normalized spacial score (nSPS) is 10.8. The van der Waals surface area contributed by atoms with E-state index in [4.69, 9.17) is 0 Å². The Morgan fingerprint density at radius 2 is 2.40 bits per heavy atom. The molecule has 2 aromatic rings. The molecule has 0 saturated heterocycles. The van der Waals surface area contributed by atoms with Crippen LogP contribution in [0.2, 0.25) is 0 Å². The molecule has 0 aliphatic heterocycles. The lowest BCUT2D eigenvalue weighted by Crippen LogP contribution is -2.28. The van der Waals surface area contributed by atoms with Crippen LogP contribution in [0.1, 0.15) is 16.9 Å². The van der Waals surface area contributed by atoms with Gasteiger partial charge in [-0.1, -0.05) is 6.58 Å². The van der Waals surface area contributed by atoms with Crippen LogP contribution in [-0.4, -0.2) is 15.7 Å². The van der Waals surface area contributed by atoms with Crippen LogP contribution in [0.4, 0.5) is 14.6 Å². The third-order valence-corrected chi connectivity index (χ3v) is 3.60. The van der Waals surface area contributed by atoms with Gasteiger partial charge in [0.2, 0.25) is 0 Å². The summed E-state index contributed by atoms with van der Waals surface area (Å²) in [7, 11) is 1.74.